The minimum absolute atomic E-state index is 0.0978. The number of hydrogen-bond donors (Lipinski definition) is 1. The van der Waals surface area contributed by atoms with Crippen molar-refractivity contribution in [1.82, 2.24) is 10.2 Å². The molecule has 0 saturated heterocycles. The monoisotopic (exact) mass is 464 g/mol. The fourth-order valence-electron chi connectivity index (χ4n) is 3.17. The first kappa shape index (κ1) is 20.4. The third-order valence-corrected chi connectivity index (χ3v) is 5.59. The number of ether oxygens (including phenoxy) is 1. The van der Waals surface area contributed by atoms with Crippen LogP contribution in [0.2, 0.25) is 5.02 Å². The van der Waals surface area contributed by atoms with E-state index in [0.29, 0.717) is 5.02 Å². The Bertz CT molecular complexity index is 934. The molecule has 1 atom stereocenters. The van der Waals surface area contributed by atoms with Crippen LogP contribution in [0.15, 0.2) is 46.9 Å². The van der Waals surface area contributed by atoms with E-state index < -0.39 is 23.7 Å². The number of benzene rings is 2. The van der Waals surface area contributed by atoms with Crippen LogP contribution in [-0.4, -0.2) is 36.3 Å². The Hall–Kier alpha value is -2.38. The highest BCUT2D eigenvalue weighted by Gasteiger charge is 2.35. The predicted octanol–water partition coefficient (Wildman–Crippen LogP) is 3.02. The van der Waals surface area contributed by atoms with Gasteiger partial charge in [0.2, 0.25) is 0 Å². The van der Waals surface area contributed by atoms with Crippen LogP contribution in [0.4, 0.5) is 0 Å². The second-order valence-corrected chi connectivity index (χ2v) is 7.67. The Labute approximate surface area is 175 Å². The van der Waals surface area contributed by atoms with Crippen LogP contribution in [0.5, 0.6) is 0 Å². The molecule has 146 valence electrons. The highest BCUT2D eigenvalue weighted by molar-refractivity contribution is 9.10. The minimum Gasteiger partial charge on any atom is -0.468 e. The number of methoxy groups -OCH3 is 1. The van der Waals surface area contributed by atoms with E-state index >= 15 is 0 Å². The first-order valence-corrected chi connectivity index (χ1v) is 9.74. The van der Waals surface area contributed by atoms with Crippen LogP contribution in [0.25, 0.3) is 0 Å². The van der Waals surface area contributed by atoms with Crippen molar-refractivity contribution in [3.8, 4) is 0 Å². The van der Waals surface area contributed by atoms with Gasteiger partial charge in [-0.15, -0.1) is 0 Å². The van der Waals surface area contributed by atoms with Gasteiger partial charge in [0.05, 0.1) is 13.0 Å². The largest absolute Gasteiger partial charge is 0.468 e. The number of fused-ring (bicyclic) bond motifs is 1. The number of rotatable bonds is 3. The zero-order valence-corrected chi connectivity index (χ0v) is 17.4. The average Bonchev–Trinajstić information content (AvgIpc) is 2.70. The van der Waals surface area contributed by atoms with E-state index in [0.717, 1.165) is 21.2 Å². The summed E-state index contributed by atoms with van der Waals surface area (Å²) in [4.78, 5) is 38.6. The van der Waals surface area contributed by atoms with Gasteiger partial charge in [0.1, 0.15) is 0 Å². The molecule has 2 aromatic carbocycles. The van der Waals surface area contributed by atoms with Crippen LogP contribution in [0, 0.1) is 0 Å². The third-order valence-electron chi connectivity index (χ3n) is 4.62. The second kappa shape index (κ2) is 8.75. The average molecular weight is 466 g/mol. The topological polar surface area (TPSA) is 75.7 Å². The van der Waals surface area contributed by atoms with Crippen LogP contribution < -0.4 is 5.32 Å². The summed E-state index contributed by atoms with van der Waals surface area (Å²) in [5.41, 5.74) is 2.44. The SMILES string of the molecule is COC(=O)C1CN(C(=O)C(=O)NCc2ccc(Cl)cc2Br)Cc2ccccc21. The number of hydrogen-bond acceptors (Lipinski definition) is 4. The van der Waals surface area contributed by atoms with E-state index in [-0.39, 0.29) is 19.6 Å². The van der Waals surface area contributed by atoms with Crippen molar-refractivity contribution in [1.29, 1.82) is 0 Å². The Morgan fingerprint density at radius 3 is 2.71 bits per heavy atom. The van der Waals surface area contributed by atoms with Crippen LogP contribution in [-0.2, 0) is 32.2 Å². The molecule has 0 saturated carbocycles. The molecule has 1 aliphatic heterocycles. The molecule has 8 heteroatoms. The molecule has 0 aromatic heterocycles. The molecule has 28 heavy (non-hydrogen) atoms. The van der Waals surface area contributed by atoms with E-state index in [4.69, 9.17) is 16.3 Å². The van der Waals surface area contributed by atoms with Gasteiger partial charge >= 0.3 is 17.8 Å². The number of amides is 2. The Balaban J connectivity index is 1.71. The summed E-state index contributed by atoms with van der Waals surface area (Å²) in [6, 6.07) is 12.5. The van der Waals surface area contributed by atoms with E-state index in [1.165, 1.54) is 12.0 Å². The molecule has 0 spiro atoms. The highest BCUT2D eigenvalue weighted by atomic mass is 79.9. The second-order valence-electron chi connectivity index (χ2n) is 6.38. The van der Waals surface area contributed by atoms with Gasteiger partial charge < -0.3 is 15.0 Å². The molecule has 0 fully saturated rings. The van der Waals surface area contributed by atoms with Crippen LogP contribution in [0.3, 0.4) is 0 Å². The molecule has 1 N–H and O–H groups in total. The van der Waals surface area contributed by atoms with Crippen molar-refractivity contribution >= 4 is 45.3 Å². The van der Waals surface area contributed by atoms with Gasteiger partial charge in [-0.25, -0.2) is 0 Å². The number of nitrogens with zero attached hydrogens (tertiary/aromatic N) is 1. The molecule has 2 amide bonds. The lowest BCUT2D eigenvalue weighted by Crippen LogP contribution is -2.47. The molecule has 0 bridgehead atoms. The minimum atomic E-state index is -0.732. The molecular weight excluding hydrogens is 448 g/mol. The molecule has 1 heterocycles. The zero-order valence-electron chi connectivity index (χ0n) is 15.1. The van der Waals surface area contributed by atoms with E-state index in [9.17, 15) is 14.4 Å². The normalized spacial score (nSPS) is 15.5. The molecule has 2 aromatic rings. The van der Waals surface area contributed by atoms with Gasteiger partial charge in [0, 0.05) is 29.1 Å². The van der Waals surface area contributed by atoms with Gasteiger partial charge in [-0.3, -0.25) is 14.4 Å². The molecule has 1 unspecified atom stereocenters. The summed E-state index contributed by atoms with van der Waals surface area (Å²) < 4.78 is 5.61. The summed E-state index contributed by atoms with van der Waals surface area (Å²) in [5, 5.41) is 3.19. The number of nitrogens with one attached hydrogen (secondary N) is 1. The first-order chi connectivity index (χ1) is 13.4. The number of carbonyl (C=O) groups excluding carboxylic acids is 3. The van der Waals surface area contributed by atoms with Crippen molar-refractivity contribution in [2.24, 2.45) is 0 Å². The van der Waals surface area contributed by atoms with Crippen molar-refractivity contribution in [2.75, 3.05) is 13.7 Å². The van der Waals surface area contributed by atoms with Crippen molar-refractivity contribution in [3.63, 3.8) is 0 Å². The summed E-state index contributed by atoms with van der Waals surface area (Å²) in [6.45, 7) is 0.536. The maximum absolute atomic E-state index is 12.7. The van der Waals surface area contributed by atoms with Crippen LogP contribution >= 0.6 is 27.5 Å². The molecule has 0 aliphatic carbocycles. The van der Waals surface area contributed by atoms with Gasteiger partial charge in [-0.1, -0.05) is 57.9 Å². The lowest BCUT2D eigenvalue weighted by molar-refractivity contribution is -0.149. The smallest absolute Gasteiger partial charge is 0.314 e. The Kier molecular flexibility index (Phi) is 6.36. The maximum atomic E-state index is 12.7. The van der Waals surface area contributed by atoms with Crippen LogP contribution in [0.1, 0.15) is 22.6 Å². The zero-order chi connectivity index (χ0) is 20.3. The lowest BCUT2D eigenvalue weighted by atomic mass is 9.89. The van der Waals surface area contributed by atoms with Gasteiger partial charge in [-0.2, -0.15) is 0 Å². The first-order valence-electron chi connectivity index (χ1n) is 8.57. The molecular formula is C20H18BrClN2O4. The number of esters is 1. The van der Waals surface area contributed by atoms with Crippen molar-refractivity contribution < 1.29 is 19.1 Å². The number of halogens is 2. The van der Waals surface area contributed by atoms with E-state index in [2.05, 4.69) is 21.2 Å². The Morgan fingerprint density at radius 2 is 2.00 bits per heavy atom. The lowest BCUT2D eigenvalue weighted by Gasteiger charge is -2.32. The molecule has 0 radical (unpaired) electrons. The third kappa shape index (κ3) is 4.36. The van der Waals surface area contributed by atoms with Crippen molar-refractivity contribution in [3.05, 3.63) is 68.7 Å². The number of carbonyl (C=O) groups is 3. The molecule has 6 nitrogen and oxygen atoms in total. The fourth-order valence-corrected chi connectivity index (χ4v) is 3.99. The summed E-state index contributed by atoms with van der Waals surface area (Å²) >= 11 is 9.29. The van der Waals surface area contributed by atoms with E-state index in [1.54, 1.807) is 18.2 Å². The Morgan fingerprint density at radius 1 is 1.25 bits per heavy atom. The summed E-state index contributed by atoms with van der Waals surface area (Å²) in [7, 11) is 1.31. The standard InChI is InChI=1S/C20H18BrClN2O4/c1-28-20(27)16-11-24(10-13-4-2-3-5-15(13)16)19(26)18(25)23-9-12-6-7-14(22)8-17(12)21/h2-8,16H,9-11H2,1H3,(H,23,25). The quantitative estimate of drug-likeness (QED) is 0.558. The predicted molar refractivity (Wildman–Crippen MR) is 108 cm³/mol. The van der Waals surface area contributed by atoms with Gasteiger partial charge in [-0.05, 0) is 28.8 Å². The fraction of sp³-hybridized carbons (Fsp3) is 0.250. The van der Waals surface area contributed by atoms with Gasteiger partial charge in [0.15, 0.2) is 0 Å². The van der Waals surface area contributed by atoms with Crippen molar-refractivity contribution in [2.45, 2.75) is 19.0 Å². The molecule has 3 rings (SSSR count). The summed E-state index contributed by atoms with van der Waals surface area (Å²) in [6.07, 6.45) is 0. The maximum Gasteiger partial charge on any atom is 0.314 e. The summed E-state index contributed by atoms with van der Waals surface area (Å²) in [5.74, 6) is -2.47. The van der Waals surface area contributed by atoms with Gasteiger partial charge in [0.25, 0.3) is 0 Å². The van der Waals surface area contributed by atoms with E-state index in [1.807, 2.05) is 24.3 Å². The molecule has 1 aliphatic rings. The highest BCUT2D eigenvalue weighted by Crippen LogP contribution is 2.29.